The highest BCUT2D eigenvalue weighted by atomic mass is 32.2. The Bertz CT molecular complexity index is 786. The van der Waals surface area contributed by atoms with Crippen molar-refractivity contribution in [2.24, 2.45) is 5.92 Å². The molecule has 1 aromatic rings. The van der Waals surface area contributed by atoms with Gasteiger partial charge in [0.15, 0.2) is 0 Å². The minimum absolute atomic E-state index is 0.0616. The quantitative estimate of drug-likeness (QED) is 0.733. The largest absolute Gasteiger partial charge is 0.495 e. The number of carboxylic acids is 1. The summed E-state index contributed by atoms with van der Waals surface area (Å²) in [5, 5.41) is 11.6. The van der Waals surface area contributed by atoms with E-state index in [0.717, 1.165) is 12.8 Å². The summed E-state index contributed by atoms with van der Waals surface area (Å²) < 4.78 is 32.2. The third kappa shape index (κ3) is 4.16. The molecule has 0 radical (unpaired) electrons. The van der Waals surface area contributed by atoms with E-state index in [9.17, 15) is 18.0 Å². The lowest BCUT2D eigenvalue weighted by molar-refractivity contribution is -0.141. The van der Waals surface area contributed by atoms with Crippen LogP contribution in [-0.4, -0.2) is 55.9 Å². The lowest BCUT2D eigenvalue weighted by atomic mass is 10.0. The van der Waals surface area contributed by atoms with Crippen molar-refractivity contribution in [1.82, 2.24) is 9.62 Å². The monoisotopic (exact) mass is 384 g/mol. The molecule has 0 saturated carbocycles. The van der Waals surface area contributed by atoms with Gasteiger partial charge >= 0.3 is 5.97 Å². The van der Waals surface area contributed by atoms with Crippen LogP contribution < -0.4 is 10.1 Å². The van der Waals surface area contributed by atoms with Crippen molar-refractivity contribution in [3.8, 4) is 5.75 Å². The molecule has 1 saturated heterocycles. The highest BCUT2D eigenvalue weighted by molar-refractivity contribution is 7.89. The maximum absolute atomic E-state index is 12.8. The molecule has 8 nitrogen and oxygen atoms in total. The standard InChI is InChI=1S/C17H24N2O6S/c1-11(17(21)22)12(2)18-16(20)13-6-7-14(25-3)15(10-13)26(23,24)19-8-4-5-9-19/h6-7,10-12H,4-5,8-9H2,1-3H3,(H,18,20)(H,21,22). The van der Waals surface area contributed by atoms with Crippen molar-refractivity contribution in [3.05, 3.63) is 23.8 Å². The summed E-state index contributed by atoms with van der Waals surface area (Å²) in [4.78, 5) is 23.4. The molecule has 2 rings (SSSR count). The molecule has 144 valence electrons. The molecule has 1 aliphatic heterocycles. The molecule has 1 heterocycles. The molecule has 9 heteroatoms. The second-order valence-electron chi connectivity index (χ2n) is 6.37. The molecule has 26 heavy (non-hydrogen) atoms. The van der Waals surface area contributed by atoms with Crippen LogP contribution in [0.25, 0.3) is 0 Å². The average Bonchev–Trinajstić information content (AvgIpc) is 3.15. The van der Waals surface area contributed by atoms with Crippen LogP contribution in [0.15, 0.2) is 23.1 Å². The van der Waals surface area contributed by atoms with Crippen LogP contribution in [0, 0.1) is 5.92 Å². The van der Waals surface area contributed by atoms with Crippen LogP contribution in [0.4, 0.5) is 0 Å². The second-order valence-corrected chi connectivity index (χ2v) is 8.27. The van der Waals surface area contributed by atoms with E-state index in [1.54, 1.807) is 6.92 Å². The van der Waals surface area contributed by atoms with Gasteiger partial charge in [0, 0.05) is 24.7 Å². The van der Waals surface area contributed by atoms with E-state index in [2.05, 4.69) is 5.32 Å². The number of hydrogen-bond donors (Lipinski definition) is 2. The van der Waals surface area contributed by atoms with Crippen molar-refractivity contribution in [2.75, 3.05) is 20.2 Å². The van der Waals surface area contributed by atoms with Gasteiger partial charge in [-0.25, -0.2) is 8.42 Å². The van der Waals surface area contributed by atoms with Gasteiger partial charge in [-0.3, -0.25) is 9.59 Å². The number of benzene rings is 1. The number of hydrogen-bond acceptors (Lipinski definition) is 5. The number of aliphatic carboxylic acids is 1. The Balaban J connectivity index is 2.31. The van der Waals surface area contributed by atoms with Crippen LogP contribution in [0.3, 0.4) is 0 Å². The summed E-state index contributed by atoms with van der Waals surface area (Å²) in [7, 11) is -2.39. The van der Waals surface area contributed by atoms with Crippen LogP contribution >= 0.6 is 0 Å². The van der Waals surface area contributed by atoms with Gasteiger partial charge in [0.1, 0.15) is 10.6 Å². The van der Waals surface area contributed by atoms with Crippen molar-refractivity contribution >= 4 is 21.9 Å². The number of rotatable bonds is 7. The van der Waals surface area contributed by atoms with E-state index >= 15 is 0 Å². The van der Waals surface area contributed by atoms with Crippen LogP contribution in [0.1, 0.15) is 37.0 Å². The molecule has 2 N–H and O–H groups in total. The zero-order chi connectivity index (χ0) is 19.5. The summed E-state index contributed by atoms with van der Waals surface area (Å²) in [6, 6.07) is 3.55. The summed E-state index contributed by atoms with van der Waals surface area (Å²) in [6.07, 6.45) is 1.60. The van der Waals surface area contributed by atoms with E-state index in [0.29, 0.717) is 13.1 Å². The number of nitrogens with one attached hydrogen (secondary N) is 1. The average molecular weight is 384 g/mol. The number of ether oxygens (including phenoxy) is 1. The first-order valence-corrected chi connectivity index (χ1v) is 9.84. The molecule has 1 fully saturated rings. The van der Waals surface area contributed by atoms with Gasteiger partial charge in [0.2, 0.25) is 10.0 Å². The maximum atomic E-state index is 12.8. The van der Waals surface area contributed by atoms with Gasteiger partial charge in [-0.2, -0.15) is 4.31 Å². The van der Waals surface area contributed by atoms with Crippen LogP contribution in [-0.2, 0) is 14.8 Å². The fourth-order valence-corrected chi connectivity index (χ4v) is 4.41. The Morgan fingerprint density at radius 2 is 1.85 bits per heavy atom. The van der Waals surface area contributed by atoms with Gasteiger partial charge in [-0.1, -0.05) is 0 Å². The van der Waals surface area contributed by atoms with E-state index in [1.807, 2.05) is 0 Å². The lowest BCUT2D eigenvalue weighted by Gasteiger charge is -2.20. The summed E-state index contributed by atoms with van der Waals surface area (Å²) in [6.45, 7) is 3.96. The second kappa shape index (κ2) is 8.05. The highest BCUT2D eigenvalue weighted by Crippen LogP contribution is 2.29. The Labute approximate surface area is 153 Å². The first-order valence-electron chi connectivity index (χ1n) is 8.40. The van der Waals surface area contributed by atoms with Gasteiger partial charge in [-0.15, -0.1) is 0 Å². The number of carbonyl (C=O) groups excluding carboxylic acids is 1. The molecular weight excluding hydrogens is 360 g/mol. The van der Waals surface area contributed by atoms with Crippen LogP contribution in [0.2, 0.25) is 0 Å². The van der Waals surface area contributed by atoms with Crippen molar-refractivity contribution in [2.45, 2.75) is 37.6 Å². The highest BCUT2D eigenvalue weighted by Gasteiger charge is 2.31. The minimum atomic E-state index is -3.76. The first kappa shape index (κ1) is 20.2. The molecule has 1 aliphatic rings. The normalized spacial score (nSPS) is 17.5. The zero-order valence-corrected chi connectivity index (χ0v) is 15.9. The smallest absolute Gasteiger partial charge is 0.308 e. The first-order chi connectivity index (χ1) is 12.2. The van der Waals surface area contributed by atoms with Gasteiger partial charge < -0.3 is 15.2 Å². The fraction of sp³-hybridized carbons (Fsp3) is 0.529. The van der Waals surface area contributed by atoms with E-state index in [-0.39, 0.29) is 16.2 Å². The number of nitrogens with zero attached hydrogens (tertiary/aromatic N) is 1. The van der Waals surface area contributed by atoms with Gasteiger partial charge in [0.05, 0.1) is 13.0 Å². The number of methoxy groups -OCH3 is 1. The summed E-state index contributed by atoms with van der Waals surface area (Å²) in [5.41, 5.74) is 0.132. The molecular formula is C17H24N2O6S. The third-order valence-corrected chi connectivity index (χ3v) is 6.53. The number of amides is 1. The Hall–Kier alpha value is -2.13. The molecule has 1 aromatic carbocycles. The summed E-state index contributed by atoms with van der Waals surface area (Å²) in [5.74, 6) is -2.17. The molecule has 2 unspecified atom stereocenters. The van der Waals surface area contributed by atoms with E-state index in [4.69, 9.17) is 9.84 Å². The summed E-state index contributed by atoms with van der Waals surface area (Å²) >= 11 is 0. The fourth-order valence-electron chi connectivity index (χ4n) is 2.72. The van der Waals surface area contributed by atoms with Crippen LogP contribution in [0.5, 0.6) is 5.75 Å². The molecule has 2 atom stereocenters. The van der Waals surface area contributed by atoms with Gasteiger partial charge in [0.25, 0.3) is 5.91 Å². The van der Waals surface area contributed by atoms with E-state index < -0.39 is 33.9 Å². The molecule has 0 aromatic heterocycles. The minimum Gasteiger partial charge on any atom is -0.495 e. The number of sulfonamides is 1. The van der Waals surface area contributed by atoms with Crippen molar-refractivity contribution in [3.63, 3.8) is 0 Å². The molecule has 0 aliphatic carbocycles. The molecule has 1 amide bonds. The van der Waals surface area contributed by atoms with Crippen molar-refractivity contribution < 1.29 is 27.9 Å². The lowest BCUT2D eigenvalue weighted by Crippen LogP contribution is -2.40. The number of carboxylic acid groups (broad SMARTS) is 1. The Morgan fingerprint density at radius 1 is 1.23 bits per heavy atom. The van der Waals surface area contributed by atoms with Crippen molar-refractivity contribution in [1.29, 1.82) is 0 Å². The SMILES string of the molecule is COc1ccc(C(=O)NC(C)C(C)C(=O)O)cc1S(=O)(=O)N1CCCC1. The maximum Gasteiger partial charge on any atom is 0.308 e. The molecule has 0 spiro atoms. The van der Waals surface area contributed by atoms with Gasteiger partial charge in [-0.05, 0) is 44.9 Å². The topological polar surface area (TPSA) is 113 Å². The number of carbonyl (C=O) groups is 2. The Morgan fingerprint density at radius 3 is 2.38 bits per heavy atom. The third-order valence-electron chi connectivity index (χ3n) is 4.61. The Kier molecular flexibility index (Phi) is 6.25. The molecule has 0 bridgehead atoms. The predicted molar refractivity (Wildman–Crippen MR) is 94.7 cm³/mol. The predicted octanol–water partition coefficient (Wildman–Crippen LogP) is 1.32. The van der Waals surface area contributed by atoms with E-state index in [1.165, 1.54) is 36.5 Å². The zero-order valence-electron chi connectivity index (χ0n) is 15.1.